The Labute approximate surface area is 116 Å². The van der Waals surface area contributed by atoms with Gasteiger partial charge in [0.25, 0.3) is 5.91 Å². The van der Waals surface area contributed by atoms with Gasteiger partial charge in [0.05, 0.1) is 12.0 Å². The maximum Gasteiger partial charge on any atom is 0.305 e. The Kier molecular flexibility index (Phi) is 3.83. The van der Waals surface area contributed by atoms with Crippen molar-refractivity contribution in [3.63, 3.8) is 0 Å². The summed E-state index contributed by atoms with van der Waals surface area (Å²) in [6.07, 6.45) is 2.93. The number of carboxylic acid groups (broad SMARTS) is 1. The molecular weight excluding hydrogens is 262 g/mol. The molecule has 108 valence electrons. The zero-order valence-electron chi connectivity index (χ0n) is 10.9. The first-order valence-electron chi connectivity index (χ1n) is 6.48. The highest BCUT2D eigenvalue weighted by Gasteiger charge is 2.37. The molecule has 0 atom stereocenters. The van der Waals surface area contributed by atoms with Crippen LogP contribution in [-0.4, -0.2) is 32.7 Å². The van der Waals surface area contributed by atoms with Gasteiger partial charge in [-0.3, -0.25) is 9.59 Å². The minimum Gasteiger partial charge on any atom is -0.504 e. The molecule has 1 aliphatic rings. The average molecular weight is 279 g/mol. The van der Waals surface area contributed by atoms with Crippen molar-refractivity contribution in [2.75, 3.05) is 0 Å². The van der Waals surface area contributed by atoms with E-state index in [1.165, 1.54) is 12.1 Å². The molecule has 2 rings (SSSR count). The van der Waals surface area contributed by atoms with Crippen molar-refractivity contribution in [3.05, 3.63) is 23.8 Å². The summed E-state index contributed by atoms with van der Waals surface area (Å²) in [4.78, 5) is 23.1. The van der Waals surface area contributed by atoms with E-state index in [4.69, 9.17) is 5.11 Å². The number of aliphatic carboxylic acids is 1. The summed E-state index contributed by atoms with van der Waals surface area (Å²) < 4.78 is 0. The molecule has 20 heavy (non-hydrogen) atoms. The van der Waals surface area contributed by atoms with E-state index in [9.17, 15) is 19.8 Å². The summed E-state index contributed by atoms with van der Waals surface area (Å²) in [5.74, 6) is -2.07. The van der Waals surface area contributed by atoms with Crippen LogP contribution in [0.15, 0.2) is 18.2 Å². The maximum atomic E-state index is 12.2. The molecule has 1 fully saturated rings. The lowest BCUT2D eigenvalue weighted by Gasteiger charge is -2.28. The van der Waals surface area contributed by atoms with Crippen LogP contribution in [0.2, 0.25) is 0 Å². The summed E-state index contributed by atoms with van der Waals surface area (Å²) in [7, 11) is 0. The third-order valence-corrected chi connectivity index (χ3v) is 3.67. The van der Waals surface area contributed by atoms with Gasteiger partial charge in [-0.05, 0) is 31.0 Å². The van der Waals surface area contributed by atoms with Gasteiger partial charge in [0.1, 0.15) is 0 Å². The number of nitrogens with one attached hydrogen (secondary N) is 1. The fourth-order valence-corrected chi connectivity index (χ4v) is 2.66. The minimum absolute atomic E-state index is 0.108. The molecule has 0 aliphatic heterocycles. The zero-order chi connectivity index (χ0) is 14.8. The van der Waals surface area contributed by atoms with E-state index in [1.807, 2.05) is 0 Å². The molecule has 6 heteroatoms. The number of phenolic OH excluding ortho intramolecular Hbond substituents is 2. The quantitative estimate of drug-likeness (QED) is 0.626. The van der Waals surface area contributed by atoms with Crippen LogP contribution >= 0.6 is 0 Å². The molecule has 1 aliphatic carbocycles. The Morgan fingerprint density at radius 2 is 1.80 bits per heavy atom. The maximum absolute atomic E-state index is 12.2. The number of carboxylic acids is 1. The van der Waals surface area contributed by atoms with Gasteiger partial charge in [-0.2, -0.15) is 0 Å². The first kappa shape index (κ1) is 14.2. The first-order valence-corrected chi connectivity index (χ1v) is 6.48. The molecule has 6 nitrogen and oxygen atoms in total. The highest BCUT2D eigenvalue weighted by molar-refractivity contribution is 5.95. The van der Waals surface area contributed by atoms with Crippen LogP contribution in [0, 0.1) is 0 Å². The predicted octanol–water partition coefficient (Wildman–Crippen LogP) is 1.62. The molecular formula is C14H17NO5. The predicted molar refractivity (Wildman–Crippen MR) is 70.7 cm³/mol. The smallest absolute Gasteiger partial charge is 0.305 e. The lowest BCUT2D eigenvalue weighted by Crippen LogP contribution is -2.47. The summed E-state index contributed by atoms with van der Waals surface area (Å²) in [6.45, 7) is 0. The standard InChI is InChI=1S/C14H17NO5/c16-10-4-3-9(7-11(10)17)13(20)15-14(8-12(18)19)5-1-2-6-14/h3-4,7,16-17H,1-2,5-6,8H2,(H,15,20)(H,18,19). The van der Waals surface area contributed by atoms with Gasteiger partial charge in [0.2, 0.25) is 0 Å². The summed E-state index contributed by atoms with van der Waals surface area (Å²) in [6, 6.07) is 3.77. The molecule has 0 bridgehead atoms. The number of aromatic hydroxyl groups is 2. The number of hydrogen-bond acceptors (Lipinski definition) is 4. The summed E-state index contributed by atoms with van der Waals surface area (Å²) in [5.41, 5.74) is -0.520. The lowest BCUT2D eigenvalue weighted by atomic mass is 9.92. The molecule has 1 aromatic rings. The molecule has 1 saturated carbocycles. The van der Waals surface area contributed by atoms with Crippen molar-refractivity contribution in [2.45, 2.75) is 37.6 Å². The van der Waals surface area contributed by atoms with Crippen molar-refractivity contribution < 1.29 is 24.9 Å². The van der Waals surface area contributed by atoms with E-state index in [1.54, 1.807) is 0 Å². The van der Waals surface area contributed by atoms with E-state index < -0.39 is 17.4 Å². The van der Waals surface area contributed by atoms with Crippen LogP contribution in [-0.2, 0) is 4.79 Å². The zero-order valence-corrected chi connectivity index (χ0v) is 10.9. The van der Waals surface area contributed by atoms with Gasteiger partial charge in [0, 0.05) is 5.56 Å². The van der Waals surface area contributed by atoms with E-state index in [0.717, 1.165) is 18.9 Å². The third kappa shape index (κ3) is 3.01. The van der Waals surface area contributed by atoms with Gasteiger partial charge in [0.15, 0.2) is 11.5 Å². The van der Waals surface area contributed by atoms with Gasteiger partial charge in [-0.1, -0.05) is 12.8 Å². The van der Waals surface area contributed by atoms with Crippen molar-refractivity contribution in [3.8, 4) is 11.5 Å². The monoisotopic (exact) mass is 279 g/mol. The largest absolute Gasteiger partial charge is 0.504 e. The molecule has 0 heterocycles. The Hall–Kier alpha value is -2.24. The van der Waals surface area contributed by atoms with Gasteiger partial charge in [-0.25, -0.2) is 0 Å². The number of carbonyl (C=O) groups is 2. The van der Waals surface area contributed by atoms with E-state index >= 15 is 0 Å². The summed E-state index contributed by atoms with van der Waals surface area (Å²) in [5, 5.41) is 30.4. The highest BCUT2D eigenvalue weighted by atomic mass is 16.4. The fourth-order valence-electron chi connectivity index (χ4n) is 2.66. The van der Waals surface area contributed by atoms with Crippen LogP contribution in [0.1, 0.15) is 42.5 Å². The second-order valence-corrected chi connectivity index (χ2v) is 5.22. The number of rotatable bonds is 4. The van der Waals surface area contributed by atoms with Crippen LogP contribution < -0.4 is 5.32 Å². The Morgan fingerprint density at radius 1 is 1.15 bits per heavy atom. The molecule has 0 spiro atoms. The van der Waals surface area contributed by atoms with Crippen molar-refractivity contribution in [2.24, 2.45) is 0 Å². The minimum atomic E-state index is -0.944. The second-order valence-electron chi connectivity index (χ2n) is 5.22. The van der Waals surface area contributed by atoms with Crippen LogP contribution in [0.5, 0.6) is 11.5 Å². The third-order valence-electron chi connectivity index (χ3n) is 3.67. The summed E-state index contributed by atoms with van der Waals surface area (Å²) >= 11 is 0. The Morgan fingerprint density at radius 3 is 2.35 bits per heavy atom. The van der Waals surface area contributed by atoms with E-state index in [2.05, 4.69) is 5.32 Å². The van der Waals surface area contributed by atoms with Crippen molar-refractivity contribution in [1.82, 2.24) is 5.32 Å². The number of hydrogen-bond donors (Lipinski definition) is 4. The highest BCUT2D eigenvalue weighted by Crippen LogP contribution is 2.33. The van der Waals surface area contributed by atoms with E-state index in [-0.39, 0.29) is 23.5 Å². The van der Waals surface area contributed by atoms with Crippen LogP contribution in [0.3, 0.4) is 0 Å². The molecule has 0 unspecified atom stereocenters. The van der Waals surface area contributed by atoms with Crippen LogP contribution in [0.25, 0.3) is 0 Å². The van der Waals surface area contributed by atoms with E-state index in [0.29, 0.717) is 12.8 Å². The Balaban J connectivity index is 2.16. The second kappa shape index (κ2) is 5.40. The number of amides is 1. The SMILES string of the molecule is O=C(O)CC1(NC(=O)c2ccc(O)c(O)c2)CCCC1. The van der Waals surface area contributed by atoms with Gasteiger partial charge < -0.3 is 20.6 Å². The Bertz CT molecular complexity index is 534. The molecule has 1 aromatic carbocycles. The van der Waals surface area contributed by atoms with Crippen molar-refractivity contribution in [1.29, 1.82) is 0 Å². The molecule has 4 N–H and O–H groups in total. The molecule has 0 aromatic heterocycles. The lowest BCUT2D eigenvalue weighted by molar-refractivity contribution is -0.138. The van der Waals surface area contributed by atoms with Gasteiger partial charge in [-0.15, -0.1) is 0 Å². The normalized spacial score (nSPS) is 16.8. The molecule has 0 radical (unpaired) electrons. The van der Waals surface area contributed by atoms with Gasteiger partial charge >= 0.3 is 5.97 Å². The van der Waals surface area contributed by atoms with Crippen LogP contribution in [0.4, 0.5) is 0 Å². The molecule has 1 amide bonds. The first-order chi connectivity index (χ1) is 9.42. The van der Waals surface area contributed by atoms with Crippen molar-refractivity contribution >= 4 is 11.9 Å². The number of benzene rings is 1. The number of phenols is 2. The average Bonchev–Trinajstić information content (AvgIpc) is 2.79. The fraction of sp³-hybridized carbons (Fsp3) is 0.429. The topological polar surface area (TPSA) is 107 Å². The molecule has 0 saturated heterocycles. The number of carbonyl (C=O) groups excluding carboxylic acids is 1.